The number of benzene rings is 1. The Balaban J connectivity index is 2.77. The molecule has 2 aromatic rings. The van der Waals surface area contributed by atoms with E-state index in [1.54, 1.807) is 6.07 Å². The first-order chi connectivity index (χ1) is 8.02. The van der Waals surface area contributed by atoms with Crippen LogP contribution < -0.4 is 0 Å². The molecular weight excluding hydrogens is 238 g/mol. The van der Waals surface area contributed by atoms with Gasteiger partial charge < -0.3 is 4.74 Å². The van der Waals surface area contributed by atoms with Crippen molar-refractivity contribution in [3.8, 4) is 0 Å². The number of hydrogen-bond acceptors (Lipinski definition) is 3. The molecule has 3 nitrogen and oxygen atoms in total. The molecule has 1 heterocycles. The maximum absolute atomic E-state index is 11.4. The van der Waals surface area contributed by atoms with Crippen LogP contribution >= 0.6 is 11.6 Å². The number of ether oxygens (including phenoxy) is 1. The molecule has 0 N–H and O–H groups in total. The molecule has 1 aromatic heterocycles. The normalized spacial score (nSPS) is 10.6. The summed E-state index contributed by atoms with van der Waals surface area (Å²) in [6.07, 6.45) is 0. The molecule has 0 aliphatic carbocycles. The number of esters is 1. The van der Waals surface area contributed by atoms with Crippen LogP contribution in [-0.2, 0) is 4.74 Å². The number of rotatable bonds is 1. The van der Waals surface area contributed by atoms with E-state index in [0.717, 1.165) is 21.9 Å². The van der Waals surface area contributed by atoms with Crippen molar-refractivity contribution in [1.29, 1.82) is 0 Å². The van der Waals surface area contributed by atoms with E-state index < -0.39 is 5.97 Å². The summed E-state index contributed by atoms with van der Waals surface area (Å²) in [7, 11) is 1.32. The molecule has 0 atom stereocenters. The third kappa shape index (κ3) is 2.11. The van der Waals surface area contributed by atoms with E-state index in [1.807, 2.05) is 26.0 Å². The van der Waals surface area contributed by atoms with Gasteiger partial charge in [-0.15, -0.1) is 0 Å². The Morgan fingerprint density at radius 2 is 1.94 bits per heavy atom. The van der Waals surface area contributed by atoms with E-state index in [1.165, 1.54) is 7.11 Å². The van der Waals surface area contributed by atoms with Gasteiger partial charge in [0.15, 0.2) is 5.69 Å². The van der Waals surface area contributed by atoms with Gasteiger partial charge in [-0.05, 0) is 36.9 Å². The van der Waals surface area contributed by atoms with Gasteiger partial charge in [0, 0.05) is 5.39 Å². The summed E-state index contributed by atoms with van der Waals surface area (Å²) in [4.78, 5) is 15.5. The van der Waals surface area contributed by atoms with Crippen LogP contribution in [0.4, 0.5) is 0 Å². The Bertz CT molecular complexity index is 608. The average molecular weight is 250 g/mol. The van der Waals surface area contributed by atoms with E-state index in [0.29, 0.717) is 5.15 Å². The van der Waals surface area contributed by atoms with Crippen LogP contribution in [0.5, 0.6) is 0 Å². The molecule has 0 spiro atoms. The van der Waals surface area contributed by atoms with Gasteiger partial charge in [-0.1, -0.05) is 23.2 Å². The van der Waals surface area contributed by atoms with Crippen molar-refractivity contribution in [3.63, 3.8) is 0 Å². The molecule has 0 saturated heterocycles. The predicted molar refractivity (Wildman–Crippen MR) is 67.6 cm³/mol. The minimum Gasteiger partial charge on any atom is -0.464 e. The van der Waals surface area contributed by atoms with Gasteiger partial charge in [-0.3, -0.25) is 0 Å². The number of hydrogen-bond donors (Lipinski definition) is 0. The lowest BCUT2D eigenvalue weighted by atomic mass is 10.0. The van der Waals surface area contributed by atoms with Gasteiger partial charge in [0.25, 0.3) is 0 Å². The van der Waals surface area contributed by atoms with Crippen molar-refractivity contribution in [2.75, 3.05) is 7.11 Å². The van der Waals surface area contributed by atoms with Crippen LogP contribution in [-0.4, -0.2) is 18.1 Å². The van der Waals surface area contributed by atoms with Crippen LogP contribution in [0.3, 0.4) is 0 Å². The molecule has 0 fully saturated rings. The van der Waals surface area contributed by atoms with E-state index >= 15 is 0 Å². The molecule has 1 aromatic carbocycles. The maximum atomic E-state index is 11.4. The second-order valence-corrected chi connectivity index (χ2v) is 4.32. The molecule has 0 unspecified atom stereocenters. The summed E-state index contributed by atoms with van der Waals surface area (Å²) in [5, 5.41) is 2.11. The Morgan fingerprint density at radius 1 is 1.24 bits per heavy atom. The molecule has 0 radical (unpaired) electrons. The number of nitrogens with zero attached hydrogens (tertiary/aromatic N) is 1. The molecule has 17 heavy (non-hydrogen) atoms. The lowest BCUT2D eigenvalue weighted by molar-refractivity contribution is 0.0594. The Labute approximate surface area is 104 Å². The first kappa shape index (κ1) is 11.9. The maximum Gasteiger partial charge on any atom is 0.356 e. The molecule has 0 aliphatic rings. The number of carbonyl (C=O) groups is 1. The Kier molecular flexibility index (Phi) is 3.03. The predicted octanol–water partition coefficient (Wildman–Crippen LogP) is 3.29. The second-order valence-electron chi connectivity index (χ2n) is 3.97. The van der Waals surface area contributed by atoms with E-state index in [-0.39, 0.29) is 5.69 Å². The number of methoxy groups -OCH3 is 1. The van der Waals surface area contributed by atoms with Crippen LogP contribution in [0, 0.1) is 13.8 Å². The van der Waals surface area contributed by atoms with Gasteiger partial charge in [0.2, 0.25) is 0 Å². The van der Waals surface area contributed by atoms with Crippen LogP contribution in [0.15, 0.2) is 18.2 Å². The fraction of sp³-hybridized carbons (Fsp3) is 0.231. The van der Waals surface area contributed by atoms with Crippen molar-refractivity contribution in [2.24, 2.45) is 0 Å². The average Bonchev–Trinajstić information content (AvgIpc) is 2.29. The summed E-state index contributed by atoms with van der Waals surface area (Å²) in [6, 6.07) is 5.71. The second kappa shape index (κ2) is 4.34. The number of carbonyl (C=O) groups excluding carboxylic acids is 1. The molecule has 0 saturated carbocycles. The summed E-state index contributed by atoms with van der Waals surface area (Å²) in [5.41, 5.74) is 2.41. The summed E-state index contributed by atoms with van der Waals surface area (Å²) >= 11 is 6.09. The topological polar surface area (TPSA) is 39.2 Å². The molecule has 0 bridgehead atoms. The fourth-order valence-electron chi connectivity index (χ4n) is 1.89. The number of pyridine rings is 1. The fourth-order valence-corrected chi connectivity index (χ4v) is 2.13. The zero-order valence-corrected chi connectivity index (χ0v) is 10.6. The standard InChI is InChI=1S/C13H12ClNO2/c1-7-4-8(2)9-6-11(13(16)17-3)15-12(14)10(9)5-7/h4-6H,1-3H3. The van der Waals surface area contributed by atoms with Gasteiger partial charge >= 0.3 is 5.97 Å². The van der Waals surface area contributed by atoms with Crippen molar-refractivity contribution in [3.05, 3.63) is 40.2 Å². The quantitative estimate of drug-likeness (QED) is 0.575. The highest BCUT2D eigenvalue weighted by Crippen LogP contribution is 2.27. The molecule has 88 valence electrons. The van der Waals surface area contributed by atoms with Crippen molar-refractivity contribution in [2.45, 2.75) is 13.8 Å². The number of aryl methyl sites for hydroxylation is 2. The SMILES string of the molecule is COC(=O)c1cc2c(C)cc(C)cc2c(Cl)n1. The van der Waals surface area contributed by atoms with E-state index in [9.17, 15) is 4.79 Å². The van der Waals surface area contributed by atoms with Crippen LogP contribution in [0.2, 0.25) is 5.15 Å². The van der Waals surface area contributed by atoms with Gasteiger partial charge in [0.1, 0.15) is 5.15 Å². The van der Waals surface area contributed by atoms with Crippen molar-refractivity contribution >= 4 is 28.3 Å². The smallest absolute Gasteiger partial charge is 0.356 e. The Hall–Kier alpha value is -1.61. The summed E-state index contributed by atoms with van der Waals surface area (Å²) in [6.45, 7) is 3.98. The number of aromatic nitrogens is 1. The Morgan fingerprint density at radius 3 is 2.59 bits per heavy atom. The highest BCUT2D eigenvalue weighted by Gasteiger charge is 2.12. The third-order valence-corrected chi connectivity index (χ3v) is 2.94. The first-order valence-electron chi connectivity index (χ1n) is 5.18. The zero-order valence-electron chi connectivity index (χ0n) is 9.87. The number of fused-ring (bicyclic) bond motifs is 1. The molecule has 0 aliphatic heterocycles. The zero-order chi connectivity index (χ0) is 12.6. The van der Waals surface area contributed by atoms with Crippen LogP contribution in [0.1, 0.15) is 21.6 Å². The third-order valence-electron chi connectivity index (χ3n) is 2.65. The monoisotopic (exact) mass is 249 g/mol. The molecular formula is C13H12ClNO2. The minimum atomic E-state index is -0.478. The van der Waals surface area contributed by atoms with E-state index in [2.05, 4.69) is 9.72 Å². The summed E-state index contributed by atoms with van der Waals surface area (Å²) < 4.78 is 4.64. The highest BCUT2D eigenvalue weighted by atomic mass is 35.5. The molecule has 2 rings (SSSR count). The van der Waals surface area contributed by atoms with Gasteiger partial charge in [-0.2, -0.15) is 0 Å². The lowest BCUT2D eigenvalue weighted by Crippen LogP contribution is -2.04. The molecule has 0 amide bonds. The highest BCUT2D eigenvalue weighted by molar-refractivity contribution is 6.34. The summed E-state index contributed by atoms with van der Waals surface area (Å²) in [5.74, 6) is -0.478. The largest absolute Gasteiger partial charge is 0.464 e. The molecule has 4 heteroatoms. The minimum absolute atomic E-state index is 0.233. The van der Waals surface area contributed by atoms with E-state index in [4.69, 9.17) is 11.6 Å². The van der Waals surface area contributed by atoms with Gasteiger partial charge in [0.05, 0.1) is 7.11 Å². The first-order valence-corrected chi connectivity index (χ1v) is 5.56. The van der Waals surface area contributed by atoms with Crippen LogP contribution in [0.25, 0.3) is 10.8 Å². The lowest BCUT2D eigenvalue weighted by Gasteiger charge is -2.07. The van der Waals surface area contributed by atoms with Crippen molar-refractivity contribution < 1.29 is 9.53 Å². The van der Waals surface area contributed by atoms with Crippen molar-refractivity contribution in [1.82, 2.24) is 4.98 Å². The number of halogens is 1. The van der Waals surface area contributed by atoms with Gasteiger partial charge in [-0.25, -0.2) is 9.78 Å².